The first-order chi connectivity index (χ1) is 14.3. The summed E-state index contributed by atoms with van der Waals surface area (Å²) < 4.78 is 42.4. The minimum absolute atomic E-state index is 0.134. The van der Waals surface area contributed by atoms with Gasteiger partial charge in [-0.1, -0.05) is 29.5 Å². The van der Waals surface area contributed by atoms with Crippen molar-refractivity contribution < 1.29 is 12.8 Å². The van der Waals surface area contributed by atoms with Crippen molar-refractivity contribution in [2.24, 2.45) is 0 Å². The van der Waals surface area contributed by atoms with Crippen LogP contribution in [0.5, 0.6) is 0 Å². The monoisotopic (exact) mass is 428 g/mol. The van der Waals surface area contributed by atoms with Crippen molar-refractivity contribution >= 4 is 15.7 Å². The van der Waals surface area contributed by atoms with Crippen molar-refractivity contribution in [2.75, 3.05) is 4.72 Å². The quantitative estimate of drug-likeness (QED) is 0.437. The van der Waals surface area contributed by atoms with E-state index in [0.29, 0.717) is 16.9 Å². The van der Waals surface area contributed by atoms with Crippen LogP contribution in [0.2, 0.25) is 0 Å². The molecule has 0 saturated heterocycles. The molecular weight excluding hydrogens is 415 g/mol. The second-order valence-electron chi connectivity index (χ2n) is 6.12. The molecule has 12 heteroatoms. The molecule has 2 heterocycles. The van der Waals surface area contributed by atoms with Crippen LogP contribution in [-0.2, 0) is 10.0 Å². The Morgan fingerprint density at radius 2 is 1.87 bits per heavy atom. The lowest BCUT2D eigenvalue weighted by Gasteiger charge is -2.10. The topological polar surface area (TPSA) is 143 Å². The second kappa shape index (κ2) is 7.40. The molecule has 0 amide bonds. The minimum atomic E-state index is -4.31. The fourth-order valence-corrected chi connectivity index (χ4v) is 3.81. The molecule has 10 nitrogen and oxygen atoms in total. The SMILES string of the molecule is O=c1[nH]cc(S(=O)(=O)Nc2ccccc2-c2cn(-c3cccc(F)c3)nn2)c(=O)[nH]1. The third-order valence-electron chi connectivity index (χ3n) is 4.09. The Bertz CT molecular complexity index is 1460. The average molecular weight is 428 g/mol. The van der Waals surface area contributed by atoms with E-state index < -0.39 is 32.0 Å². The molecule has 0 atom stereocenters. The summed E-state index contributed by atoms with van der Waals surface area (Å²) in [4.78, 5) is 26.3. The maximum atomic E-state index is 13.5. The molecule has 0 unspecified atom stereocenters. The number of hydrogen-bond acceptors (Lipinski definition) is 6. The molecule has 30 heavy (non-hydrogen) atoms. The van der Waals surface area contributed by atoms with Gasteiger partial charge in [-0.15, -0.1) is 5.10 Å². The number of sulfonamides is 1. The van der Waals surface area contributed by atoms with E-state index in [4.69, 9.17) is 0 Å². The Morgan fingerprint density at radius 1 is 1.07 bits per heavy atom. The lowest BCUT2D eigenvalue weighted by atomic mass is 10.1. The Kier molecular flexibility index (Phi) is 4.75. The van der Waals surface area contributed by atoms with Gasteiger partial charge < -0.3 is 4.98 Å². The molecule has 3 N–H and O–H groups in total. The van der Waals surface area contributed by atoms with Gasteiger partial charge in [-0.25, -0.2) is 22.3 Å². The van der Waals surface area contributed by atoms with E-state index in [2.05, 4.69) is 20.0 Å². The number of nitrogens with zero attached hydrogens (tertiary/aromatic N) is 3. The van der Waals surface area contributed by atoms with Gasteiger partial charge in [-0.3, -0.25) is 14.5 Å². The van der Waals surface area contributed by atoms with Crippen molar-refractivity contribution in [1.82, 2.24) is 25.0 Å². The van der Waals surface area contributed by atoms with E-state index in [1.54, 1.807) is 24.3 Å². The number of halogens is 1. The first-order valence-electron chi connectivity index (χ1n) is 8.46. The fraction of sp³-hybridized carbons (Fsp3) is 0. The molecule has 0 saturated carbocycles. The number of rotatable bonds is 5. The van der Waals surface area contributed by atoms with Crippen LogP contribution in [0, 0.1) is 5.82 Å². The van der Waals surface area contributed by atoms with Gasteiger partial charge in [0.2, 0.25) is 0 Å². The van der Waals surface area contributed by atoms with Gasteiger partial charge >= 0.3 is 5.69 Å². The van der Waals surface area contributed by atoms with Crippen LogP contribution >= 0.6 is 0 Å². The highest BCUT2D eigenvalue weighted by molar-refractivity contribution is 7.92. The average Bonchev–Trinajstić information content (AvgIpc) is 3.18. The molecule has 2 aromatic carbocycles. The molecule has 152 valence electrons. The summed E-state index contributed by atoms with van der Waals surface area (Å²) in [5.41, 5.74) is -0.618. The van der Waals surface area contributed by atoms with Crippen molar-refractivity contribution in [1.29, 1.82) is 0 Å². The highest BCUT2D eigenvalue weighted by Gasteiger charge is 2.21. The zero-order chi connectivity index (χ0) is 21.3. The van der Waals surface area contributed by atoms with Crippen LogP contribution in [0.1, 0.15) is 0 Å². The largest absolute Gasteiger partial charge is 0.325 e. The number of H-pyrrole nitrogens is 2. The van der Waals surface area contributed by atoms with Gasteiger partial charge in [0.1, 0.15) is 11.5 Å². The predicted molar refractivity (Wildman–Crippen MR) is 105 cm³/mol. The van der Waals surface area contributed by atoms with Crippen LogP contribution in [-0.4, -0.2) is 33.4 Å². The minimum Gasteiger partial charge on any atom is -0.313 e. The zero-order valence-corrected chi connectivity index (χ0v) is 15.9. The van der Waals surface area contributed by atoms with Gasteiger partial charge in [-0.2, -0.15) is 0 Å². The highest BCUT2D eigenvalue weighted by atomic mass is 32.2. The summed E-state index contributed by atoms with van der Waals surface area (Å²) in [6, 6.07) is 12.1. The number of nitrogens with one attached hydrogen (secondary N) is 3. The molecule has 2 aromatic heterocycles. The van der Waals surface area contributed by atoms with Gasteiger partial charge in [0.25, 0.3) is 15.6 Å². The lowest BCUT2D eigenvalue weighted by Crippen LogP contribution is -2.29. The number of anilines is 1. The number of para-hydroxylation sites is 1. The molecule has 0 aliphatic heterocycles. The van der Waals surface area contributed by atoms with Crippen LogP contribution in [0.15, 0.2) is 75.4 Å². The van der Waals surface area contributed by atoms with E-state index in [1.165, 1.54) is 35.1 Å². The molecule has 4 aromatic rings. The van der Waals surface area contributed by atoms with Gasteiger partial charge in [0, 0.05) is 11.8 Å². The Balaban J connectivity index is 1.72. The van der Waals surface area contributed by atoms with E-state index in [0.717, 1.165) is 6.20 Å². The van der Waals surface area contributed by atoms with E-state index in [-0.39, 0.29) is 5.69 Å². The second-order valence-corrected chi connectivity index (χ2v) is 7.77. The molecule has 0 fully saturated rings. The molecule has 0 bridgehead atoms. The van der Waals surface area contributed by atoms with Crippen molar-refractivity contribution in [2.45, 2.75) is 4.90 Å². The van der Waals surface area contributed by atoms with Gasteiger partial charge in [0.05, 0.1) is 17.6 Å². The number of aromatic nitrogens is 5. The summed E-state index contributed by atoms with van der Waals surface area (Å²) in [5, 5.41) is 7.98. The summed E-state index contributed by atoms with van der Waals surface area (Å²) in [6.45, 7) is 0. The molecular formula is C18H13FN6O4S. The number of aromatic amines is 2. The van der Waals surface area contributed by atoms with Crippen LogP contribution in [0.3, 0.4) is 0 Å². The molecule has 0 radical (unpaired) electrons. The lowest BCUT2D eigenvalue weighted by molar-refractivity contribution is 0.599. The smallest absolute Gasteiger partial charge is 0.313 e. The first-order valence-corrected chi connectivity index (χ1v) is 9.94. The molecule has 0 aliphatic carbocycles. The van der Waals surface area contributed by atoms with Crippen LogP contribution in [0.25, 0.3) is 16.9 Å². The normalized spacial score (nSPS) is 11.4. The van der Waals surface area contributed by atoms with E-state index >= 15 is 0 Å². The van der Waals surface area contributed by atoms with Gasteiger partial charge in [0.15, 0.2) is 4.90 Å². The Labute approximate surface area is 168 Å². The van der Waals surface area contributed by atoms with E-state index in [1.807, 2.05) is 4.98 Å². The number of hydrogen-bond donors (Lipinski definition) is 3. The predicted octanol–water partition coefficient (Wildman–Crippen LogP) is 1.25. The summed E-state index contributed by atoms with van der Waals surface area (Å²) in [7, 11) is -4.31. The molecule has 0 aliphatic rings. The van der Waals surface area contributed by atoms with E-state index in [9.17, 15) is 22.4 Å². The van der Waals surface area contributed by atoms with Crippen LogP contribution < -0.4 is 16.0 Å². The zero-order valence-electron chi connectivity index (χ0n) is 15.0. The van der Waals surface area contributed by atoms with Gasteiger partial charge in [-0.05, 0) is 24.3 Å². The standard InChI is InChI=1S/C18H13FN6O4S/c19-11-4-3-5-12(8-11)25-10-15(22-24-25)13-6-1-2-7-14(13)23-30(28,29)16-9-20-18(27)21-17(16)26/h1-10,23H,(H2,20,21,26,27). The summed E-state index contributed by atoms with van der Waals surface area (Å²) >= 11 is 0. The summed E-state index contributed by atoms with van der Waals surface area (Å²) in [6.07, 6.45) is 2.32. The highest BCUT2D eigenvalue weighted by Crippen LogP contribution is 2.28. The maximum Gasteiger partial charge on any atom is 0.325 e. The summed E-state index contributed by atoms with van der Waals surface area (Å²) in [5.74, 6) is -0.441. The van der Waals surface area contributed by atoms with Crippen molar-refractivity contribution in [3.8, 4) is 16.9 Å². The van der Waals surface area contributed by atoms with Crippen molar-refractivity contribution in [3.05, 3.63) is 87.6 Å². The maximum absolute atomic E-state index is 13.5. The Morgan fingerprint density at radius 3 is 2.63 bits per heavy atom. The molecule has 0 spiro atoms. The third kappa shape index (κ3) is 3.75. The fourth-order valence-electron chi connectivity index (χ4n) is 2.72. The first kappa shape index (κ1) is 19.3. The van der Waals surface area contributed by atoms with Crippen LogP contribution in [0.4, 0.5) is 10.1 Å². The molecule has 4 rings (SSSR count). The third-order valence-corrected chi connectivity index (χ3v) is 5.46. The number of benzene rings is 2. The van der Waals surface area contributed by atoms with Crippen molar-refractivity contribution in [3.63, 3.8) is 0 Å². The Hall–Kier alpha value is -4.06.